The van der Waals surface area contributed by atoms with Gasteiger partial charge in [0, 0.05) is 18.0 Å². The maximum atomic E-state index is 11.9. The summed E-state index contributed by atoms with van der Waals surface area (Å²) in [5.74, 6) is -0.0107. The molecule has 2 aromatic rings. The summed E-state index contributed by atoms with van der Waals surface area (Å²) in [6, 6.07) is 11.1. The molecule has 0 unspecified atom stereocenters. The standard InChI is InChI=1S/C13H16N2O2S2/c14-8-11-3-5-12(6-4-11)10-19(16,17)15-9-13-2-1-7-18-13/h1-7,15H,8-10,14H2. The minimum Gasteiger partial charge on any atom is -0.326 e. The lowest BCUT2D eigenvalue weighted by Gasteiger charge is -2.06. The zero-order chi connectivity index (χ0) is 13.7. The summed E-state index contributed by atoms with van der Waals surface area (Å²) in [5.41, 5.74) is 7.25. The Bertz CT molecular complexity index is 605. The van der Waals surface area contributed by atoms with Crippen LogP contribution in [0.2, 0.25) is 0 Å². The van der Waals surface area contributed by atoms with Gasteiger partial charge in [0.1, 0.15) is 0 Å². The van der Waals surface area contributed by atoms with Crippen molar-refractivity contribution in [2.24, 2.45) is 5.73 Å². The van der Waals surface area contributed by atoms with E-state index in [2.05, 4.69) is 4.72 Å². The van der Waals surface area contributed by atoms with Crippen LogP contribution in [-0.4, -0.2) is 8.42 Å². The van der Waals surface area contributed by atoms with E-state index in [0.29, 0.717) is 13.1 Å². The van der Waals surface area contributed by atoms with Crippen LogP contribution >= 0.6 is 11.3 Å². The molecular formula is C13H16N2O2S2. The van der Waals surface area contributed by atoms with Gasteiger partial charge in [-0.1, -0.05) is 30.3 Å². The maximum absolute atomic E-state index is 11.9. The molecule has 0 aliphatic heterocycles. The number of nitrogens with one attached hydrogen (secondary N) is 1. The summed E-state index contributed by atoms with van der Waals surface area (Å²) < 4.78 is 26.4. The van der Waals surface area contributed by atoms with E-state index in [1.165, 1.54) is 11.3 Å². The first-order valence-electron chi connectivity index (χ1n) is 5.87. The Morgan fingerprint density at radius 2 is 1.79 bits per heavy atom. The van der Waals surface area contributed by atoms with Crippen LogP contribution in [0.1, 0.15) is 16.0 Å². The van der Waals surface area contributed by atoms with Gasteiger partial charge in [-0.05, 0) is 22.6 Å². The third-order valence-electron chi connectivity index (χ3n) is 2.66. The molecule has 102 valence electrons. The molecule has 0 radical (unpaired) electrons. The van der Waals surface area contributed by atoms with Crippen molar-refractivity contribution in [1.29, 1.82) is 0 Å². The summed E-state index contributed by atoms with van der Waals surface area (Å²) in [6.45, 7) is 0.810. The highest BCUT2D eigenvalue weighted by atomic mass is 32.2. The number of rotatable bonds is 6. The molecule has 19 heavy (non-hydrogen) atoms. The lowest BCUT2D eigenvalue weighted by molar-refractivity contribution is 0.581. The summed E-state index contributed by atoms with van der Waals surface area (Å²) in [6.07, 6.45) is 0. The average molecular weight is 296 g/mol. The van der Waals surface area contributed by atoms with Crippen molar-refractivity contribution in [2.75, 3.05) is 0 Å². The Morgan fingerprint density at radius 3 is 2.37 bits per heavy atom. The van der Waals surface area contributed by atoms with Gasteiger partial charge in [0.25, 0.3) is 0 Å². The van der Waals surface area contributed by atoms with Crippen LogP contribution < -0.4 is 10.5 Å². The molecule has 2 rings (SSSR count). The van der Waals surface area contributed by atoms with Gasteiger partial charge in [0.15, 0.2) is 0 Å². The van der Waals surface area contributed by atoms with Gasteiger partial charge in [0.2, 0.25) is 10.0 Å². The molecular weight excluding hydrogens is 280 g/mol. The SMILES string of the molecule is NCc1ccc(CS(=O)(=O)NCc2cccs2)cc1. The summed E-state index contributed by atoms with van der Waals surface area (Å²) >= 11 is 1.53. The minimum atomic E-state index is -3.30. The van der Waals surface area contributed by atoms with Crippen molar-refractivity contribution >= 4 is 21.4 Å². The first-order valence-corrected chi connectivity index (χ1v) is 8.40. The van der Waals surface area contributed by atoms with Crippen molar-refractivity contribution in [3.05, 3.63) is 57.8 Å². The maximum Gasteiger partial charge on any atom is 0.216 e. The Kier molecular flexibility index (Phi) is 4.71. The molecule has 0 saturated heterocycles. The van der Waals surface area contributed by atoms with Gasteiger partial charge < -0.3 is 5.73 Å². The Morgan fingerprint density at radius 1 is 1.11 bits per heavy atom. The second kappa shape index (κ2) is 6.29. The monoisotopic (exact) mass is 296 g/mol. The molecule has 1 heterocycles. The quantitative estimate of drug-likeness (QED) is 0.854. The highest BCUT2D eigenvalue weighted by molar-refractivity contribution is 7.88. The predicted octanol–water partition coefficient (Wildman–Crippen LogP) is 1.83. The first kappa shape index (κ1) is 14.2. The fraction of sp³-hybridized carbons (Fsp3) is 0.231. The molecule has 0 aliphatic rings. The minimum absolute atomic E-state index is 0.0107. The Balaban J connectivity index is 1.96. The molecule has 0 bridgehead atoms. The van der Waals surface area contributed by atoms with Gasteiger partial charge in [0.05, 0.1) is 5.75 Å². The largest absolute Gasteiger partial charge is 0.326 e. The molecule has 1 aromatic heterocycles. The molecule has 6 heteroatoms. The number of hydrogen-bond donors (Lipinski definition) is 2. The lowest BCUT2D eigenvalue weighted by atomic mass is 10.1. The van der Waals surface area contributed by atoms with E-state index in [1.807, 2.05) is 29.6 Å². The number of nitrogens with two attached hydrogens (primary N) is 1. The molecule has 0 amide bonds. The molecule has 0 atom stereocenters. The zero-order valence-electron chi connectivity index (χ0n) is 10.4. The second-order valence-corrected chi connectivity index (χ2v) is 7.02. The predicted molar refractivity (Wildman–Crippen MR) is 78.1 cm³/mol. The van der Waals surface area contributed by atoms with E-state index in [9.17, 15) is 8.42 Å². The van der Waals surface area contributed by atoms with E-state index in [4.69, 9.17) is 5.73 Å². The van der Waals surface area contributed by atoms with Crippen LogP contribution in [0.4, 0.5) is 0 Å². The number of sulfonamides is 1. The highest BCUT2D eigenvalue weighted by Crippen LogP contribution is 2.10. The normalized spacial score (nSPS) is 11.6. The van der Waals surface area contributed by atoms with Crippen LogP contribution in [0.3, 0.4) is 0 Å². The van der Waals surface area contributed by atoms with Crippen LogP contribution in [0, 0.1) is 0 Å². The molecule has 3 N–H and O–H groups in total. The van der Waals surface area contributed by atoms with Crippen LogP contribution in [0.5, 0.6) is 0 Å². The Hall–Kier alpha value is -1.21. The van der Waals surface area contributed by atoms with E-state index in [0.717, 1.165) is 16.0 Å². The molecule has 0 spiro atoms. The van der Waals surface area contributed by atoms with Crippen molar-refractivity contribution in [3.63, 3.8) is 0 Å². The fourth-order valence-electron chi connectivity index (χ4n) is 1.64. The third-order valence-corrected chi connectivity index (χ3v) is 4.84. The molecule has 0 saturated carbocycles. The van der Waals surface area contributed by atoms with E-state index in [1.54, 1.807) is 12.1 Å². The lowest BCUT2D eigenvalue weighted by Crippen LogP contribution is -2.24. The first-order chi connectivity index (χ1) is 9.09. The zero-order valence-corrected chi connectivity index (χ0v) is 12.0. The molecule has 0 fully saturated rings. The third kappa shape index (κ3) is 4.43. The molecule has 1 aromatic carbocycles. The average Bonchev–Trinajstić information content (AvgIpc) is 2.90. The van der Waals surface area contributed by atoms with Crippen LogP contribution in [-0.2, 0) is 28.9 Å². The Labute approximate surface area is 117 Å². The summed E-state index contributed by atoms with van der Waals surface area (Å²) in [5, 5.41) is 1.93. The topological polar surface area (TPSA) is 72.2 Å². The summed E-state index contributed by atoms with van der Waals surface area (Å²) in [7, 11) is -3.30. The van der Waals surface area contributed by atoms with Crippen molar-refractivity contribution < 1.29 is 8.42 Å². The van der Waals surface area contributed by atoms with Gasteiger partial charge >= 0.3 is 0 Å². The number of hydrogen-bond acceptors (Lipinski definition) is 4. The van der Waals surface area contributed by atoms with Gasteiger partial charge in [-0.2, -0.15) is 0 Å². The molecule has 4 nitrogen and oxygen atoms in total. The van der Waals surface area contributed by atoms with Crippen LogP contribution in [0.25, 0.3) is 0 Å². The number of benzene rings is 1. The van der Waals surface area contributed by atoms with E-state index in [-0.39, 0.29) is 5.75 Å². The van der Waals surface area contributed by atoms with E-state index < -0.39 is 10.0 Å². The van der Waals surface area contributed by atoms with Crippen molar-refractivity contribution in [3.8, 4) is 0 Å². The fourth-order valence-corrected chi connectivity index (χ4v) is 3.48. The molecule has 0 aliphatic carbocycles. The van der Waals surface area contributed by atoms with Gasteiger partial charge in [-0.15, -0.1) is 11.3 Å². The smallest absolute Gasteiger partial charge is 0.216 e. The van der Waals surface area contributed by atoms with Crippen molar-refractivity contribution in [1.82, 2.24) is 4.72 Å². The highest BCUT2D eigenvalue weighted by Gasteiger charge is 2.11. The van der Waals surface area contributed by atoms with Gasteiger partial charge in [-0.3, -0.25) is 0 Å². The van der Waals surface area contributed by atoms with E-state index >= 15 is 0 Å². The van der Waals surface area contributed by atoms with Gasteiger partial charge in [-0.25, -0.2) is 13.1 Å². The van der Waals surface area contributed by atoms with Crippen LogP contribution in [0.15, 0.2) is 41.8 Å². The number of thiophene rings is 1. The summed E-state index contributed by atoms with van der Waals surface area (Å²) in [4.78, 5) is 1.00. The second-order valence-electron chi connectivity index (χ2n) is 4.18. The van der Waals surface area contributed by atoms with Crippen molar-refractivity contribution in [2.45, 2.75) is 18.8 Å².